The number of nitrogens with one attached hydrogen (secondary N) is 2. The number of nitrogens with zero attached hydrogens (tertiary/aromatic N) is 1. The van der Waals surface area contributed by atoms with Crippen LogP contribution in [0.1, 0.15) is 43.9 Å². The van der Waals surface area contributed by atoms with Crippen LogP contribution in [0.3, 0.4) is 0 Å². The van der Waals surface area contributed by atoms with Crippen LogP contribution in [-0.4, -0.2) is 33.5 Å². The highest BCUT2D eigenvalue weighted by Crippen LogP contribution is 2.44. The predicted molar refractivity (Wildman–Crippen MR) is 136 cm³/mol. The first-order chi connectivity index (χ1) is 16.4. The number of rotatable bonds is 6. The fourth-order valence-electron chi connectivity index (χ4n) is 4.29. The van der Waals surface area contributed by atoms with E-state index in [-0.39, 0.29) is 23.5 Å². The first-order valence-electron chi connectivity index (χ1n) is 11.2. The standard InChI is InChI=1S/C26H29N3O5S/c1-26(2,3)22-14-18(29-11-10-19(30)15-24(29)31)13-21(25(22)34-4)17-6-8-20-16(12-17)7-9-23(20)27-28-35(5,32)33/h6,8-14,27-28H,7,15H2,1-5H3. The van der Waals surface area contributed by atoms with Gasteiger partial charge in [-0.05, 0) is 41.2 Å². The fourth-order valence-corrected chi connectivity index (χ4v) is 4.58. The van der Waals surface area contributed by atoms with Crippen molar-refractivity contribution >= 4 is 33.1 Å². The van der Waals surface area contributed by atoms with Crippen molar-refractivity contribution in [3.05, 3.63) is 65.4 Å². The Morgan fingerprint density at radius 3 is 2.43 bits per heavy atom. The van der Waals surface area contributed by atoms with Crippen LogP contribution in [0.25, 0.3) is 16.8 Å². The second-order valence-corrected chi connectivity index (χ2v) is 11.5. The van der Waals surface area contributed by atoms with Gasteiger partial charge in [-0.2, -0.15) is 0 Å². The van der Waals surface area contributed by atoms with E-state index in [1.54, 1.807) is 7.11 Å². The van der Waals surface area contributed by atoms with Crippen LogP contribution in [0.4, 0.5) is 5.69 Å². The van der Waals surface area contributed by atoms with Crippen molar-refractivity contribution in [2.24, 2.45) is 0 Å². The number of ketones is 1. The number of carbonyl (C=O) groups is 2. The van der Waals surface area contributed by atoms with E-state index in [4.69, 9.17) is 4.74 Å². The lowest BCUT2D eigenvalue weighted by Gasteiger charge is -2.28. The monoisotopic (exact) mass is 495 g/mol. The Morgan fingerprint density at radius 1 is 1.06 bits per heavy atom. The SMILES string of the molecule is COc1c(-c2ccc3c(c2)CC=C3NNS(C)(=O)=O)cc(N2C=CC(=O)CC2=O)cc1C(C)(C)C. The summed E-state index contributed by atoms with van der Waals surface area (Å²) in [6.07, 6.45) is 6.43. The van der Waals surface area contributed by atoms with Crippen LogP contribution in [0.15, 0.2) is 48.7 Å². The molecule has 0 bridgehead atoms. The number of benzene rings is 2. The van der Waals surface area contributed by atoms with Crippen molar-refractivity contribution in [2.75, 3.05) is 18.3 Å². The van der Waals surface area contributed by atoms with E-state index in [2.05, 4.69) is 31.0 Å². The largest absolute Gasteiger partial charge is 0.496 e. The first kappa shape index (κ1) is 24.7. The van der Waals surface area contributed by atoms with Gasteiger partial charge in [-0.1, -0.05) is 45.0 Å². The summed E-state index contributed by atoms with van der Waals surface area (Å²) in [7, 11) is -1.76. The molecule has 2 aliphatic rings. The van der Waals surface area contributed by atoms with Gasteiger partial charge >= 0.3 is 0 Å². The third-order valence-corrected chi connectivity index (χ3v) is 6.44. The molecule has 2 aromatic rings. The number of hydrogen-bond acceptors (Lipinski definition) is 6. The summed E-state index contributed by atoms with van der Waals surface area (Å²) < 4.78 is 28.8. The summed E-state index contributed by atoms with van der Waals surface area (Å²) in [4.78, 5) is 28.2. The smallest absolute Gasteiger partial charge is 0.238 e. The van der Waals surface area contributed by atoms with Crippen LogP contribution >= 0.6 is 0 Å². The number of methoxy groups -OCH3 is 1. The van der Waals surface area contributed by atoms with Crippen molar-refractivity contribution in [3.8, 4) is 16.9 Å². The van der Waals surface area contributed by atoms with Gasteiger partial charge in [0.1, 0.15) is 5.75 Å². The molecule has 2 N–H and O–H groups in total. The van der Waals surface area contributed by atoms with Crippen LogP contribution in [0.2, 0.25) is 0 Å². The molecule has 1 aliphatic heterocycles. The van der Waals surface area contributed by atoms with Crippen molar-refractivity contribution < 1.29 is 22.7 Å². The Hall–Kier alpha value is -3.43. The minimum atomic E-state index is -3.39. The third kappa shape index (κ3) is 5.16. The Balaban J connectivity index is 1.80. The third-order valence-electron chi connectivity index (χ3n) is 5.97. The molecule has 2 aromatic carbocycles. The van der Waals surface area contributed by atoms with E-state index in [0.29, 0.717) is 23.6 Å². The highest BCUT2D eigenvalue weighted by Gasteiger charge is 2.28. The number of allylic oxidation sites excluding steroid dienone is 2. The van der Waals surface area contributed by atoms with Crippen LogP contribution in [0, 0.1) is 0 Å². The van der Waals surface area contributed by atoms with Crippen molar-refractivity contribution in [2.45, 2.75) is 39.0 Å². The molecule has 0 unspecified atom stereocenters. The maximum atomic E-state index is 12.6. The maximum Gasteiger partial charge on any atom is 0.238 e. The zero-order valence-electron chi connectivity index (χ0n) is 20.4. The predicted octanol–water partition coefficient (Wildman–Crippen LogP) is 3.43. The summed E-state index contributed by atoms with van der Waals surface area (Å²) in [6.45, 7) is 6.24. The lowest BCUT2D eigenvalue weighted by Crippen LogP contribution is -2.34. The Kier molecular flexibility index (Phi) is 6.33. The average molecular weight is 496 g/mol. The molecule has 0 saturated heterocycles. The van der Waals surface area contributed by atoms with Crippen molar-refractivity contribution in [1.82, 2.24) is 10.3 Å². The molecular formula is C26H29N3O5S. The summed E-state index contributed by atoms with van der Waals surface area (Å²) in [5.74, 6) is 0.228. The normalized spacial score (nSPS) is 15.8. The van der Waals surface area contributed by atoms with Gasteiger partial charge in [0, 0.05) is 28.6 Å². The second kappa shape index (κ2) is 8.98. The molecule has 1 heterocycles. The number of hydrogen-bond donors (Lipinski definition) is 2. The summed E-state index contributed by atoms with van der Waals surface area (Å²) in [5, 5.41) is 0. The van der Waals surface area contributed by atoms with Gasteiger partial charge in [0.05, 0.1) is 25.5 Å². The van der Waals surface area contributed by atoms with Crippen LogP contribution in [0.5, 0.6) is 5.75 Å². The first-order valence-corrected chi connectivity index (χ1v) is 13.1. The quantitative estimate of drug-likeness (QED) is 0.470. The lowest BCUT2D eigenvalue weighted by molar-refractivity contribution is -0.124. The van der Waals surface area contributed by atoms with Gasteiger partial charge in [-0.3, -0.25) is 14.5 Å². The Morgan fingerprint density at radius 2 is 1.80 bits per heavy atom. The minimum Gasteiger partial charge on any atom is -0.496 e. The van der Waals surface area contributed by atoms with E-state index in [9.17, 15) is 18.0 Å². The van der Waals surface area contributed by atoms with Crippen LogP contribution < -0.4 is 19.9 Å². The number of amides is 1. The molecule has 8 nitrogen and oxygen atoms in total. The number of anilines is 1. The average Bonchev–Trinajstić information content (AvgIpc) is 3.18. The van der Waals surface area contributed by atoms with E-state index < -0.39 is 10.0 Å². The molecule has 35 heavy (non-hydrogen) atoms. The number of fused-ring (bicyclic) bond motifs is 1. The van der Waals surface area contributed by atoms with Gasteiger partial charge in [0.15, 0.2) is 5.78 Å². The van der Waals surface area contributed by atoms with Gasteiger partial charge in [0.2, 0.25) is 15.9 Å². The molecule has 1 amide bonds. The molecule has 0 aromatic heterocycles. The minimum absolute atomic E-state index is 0.162. The molecule has 0 spiro atoms. The van der Waals surface area contributed by atoms with E-state index in [1.165, 1.54) is 17.2 Å². The Bertz CT molecular complexity index is 1380. The van der Waals surface area contributed by atoms with Gasteiger partial charge in [0.25, 0.3) is 0 Å². The molecular weight excluding hydrogens is 466 g/mol. The van der Waals surface area contributed by atoms with E-state index in [0.717, 1.165) is 34.1 Å². The van der Waals surface area contributed by atoms with Gasteiger partial charge < -0.3 is 10.2 Å². The summed E-state index contributed by atoms with van der Waals surface area (Å²) in [6, 6.07) is 9.78. The van der Waals surface area contributed by atoms with E-state index in [1.807, 2.05) is 36.4 Å². The molecule has 0 fully saturated rings. The van der Waals surface area contributed by atoms with Crippen molar-refractivity contribution in [3.63, 3.8) is 0 Å². The van der Waals surface area contributed by atoms with E-state index >= 15 is 0 Å². The number of ether oxygens (including phenoxy) is 1. The highest BCUT2D eigenvalue weighted by atomic mass is 32.2. The number of carbonyl (C=O) groups excluding carboxylic acids is 2. The van der Waals surface area contributed by atoms with Gasteiger partial charge in [-0.25, -0.2) is 8.42 Å². The second-order valence-electron chi connectivity index (χ2n) is 9.74. The summed E-state index contributed by atoms with van der Waals surface area (Å²) in [5.41, 5.74) is 8.46. The van der Waals surface area contributed by atoms with Crippen molar-refractivity contribution in [1.29, 1.82) is 0 Å². The topological polar surface area (TPSA) is 105 Å². The molecule has 0 atom stereocenters. The Labute approximate surface area is 205 Å². The lowest BCUT2D eigenvalue weighted by atomic mass is 9.83. The molecule has 184 valence electrons. The molecule has 4 rings (SSSR count). The molecule has 1 aliphatic carbocycles. The highest BCUT2D eigenvalue weighted by molar-refractivity contribution is 7.88. The van der Waals surface area contributed by atoms with Gasteiger partial charge in [-0.15, -0.1) is 4.83 Å². The zero-order valence-corrected chi connectivity index (χ0v) is 21.2. The number of hydrazine groups is 1. The fraction of sp³-hybridized carbons (Fsp3) is 0.308. The zero-order chi connectivity index (χ0) is 25.5. The maximum absolute atomic E-state index is 12.6. The molecule has 0 saturated carbocycles. The molecule has 9 heteroatoms. The summed E-state index contributed by atoms with van der Waals surface area (Å²) >= 11 is 0. The van der Waals surface area contributed by atoms with Crippen LogP contribution in [-0.2, 0) is 31.4 Å². The molecule has 0 radical (unpaired) electrons. The number of sulfonamides is 1.